The zero-order valence-corrected chi connectivity index (χ0v) is 12.7. The van der Waals surface area contributed by atoms with Crippen LogP contribution in [-0.2, 0) is 0 Å². The predicted octanol–water partition coefficient (Wildman–Crippen LogP) is 1.92. The molecule has 0 bridgehead atoms. The molecular weight excluding hydrogens is 222 g/mol. The molecule has 2 N–H and O–H groups in total. The van der Waals surface area contributed by atoms with Crippen molar-refractivity contribution >= 4 is 0 Å². The highest BCUT2D eigenvalue weighted by Gasteiger charge is 2.37. The smallest absolute Gasteiger partial charge is 0.0293 e. The molecule has 3 unspecified atom stereocenters. The van der Waals surface area contributed by atoms with Gasteiger partial charge in [0.2, 0.25) is 0 Å². The second-order valence-corrected chi connectivity index (χ2v) is 7.35. The Balaban J connectivity index is 2.10. The Labute approximate surface area is 113 Å². The summed E-state index contributed by atoms with van der Waals surface area (Å²) in [4.78, 5) is 5.38. The molecule has 2 heterocycles. The number of fused-ring (bicyclic) bond motifs is 1. The van der Waals surface area contributed by atoms with Gasteiger partial charge in [-0.2, -0.15) is 0 Å². The Bertz CT molecular complexity index is 269. The van der Waals surface area contributed by atoms with Crippen molar-refractivity contribution < 1.29 is 0 Å². The van der Waals surface area contributed by atoms with E-state index >= 15 is 0 Å². The first-order valence-corrected chi connectivity index (χ1v) is 7.63. The van der Waals surface area contributed by atoms with E-state index < -0.39 is 0 Å². The lowest BCUT2D eigenvalue weighted by atomic mass is 9.81. The molecule has 0 saturated carbocycles. The van der Waals surface area contributed by atoms with Gasteiger partial charge in [-0.15, -0.1) is 0 Å². The van der Waals surface area contributed by atoms with Crippen LogP contribution in [0.4, 0.5) is 0 Å². The van der Waals surface area contributed by atoms with Gasteiger partial charge in [-0.05, 0) is 51.2 Å². The highest BCUT2D eigenvalue weighted by molar-refractivity contribution is 4.94. The van der Waals surface area contributed by atoms with E-state index in [-0.39, 0.29) is 11.5 Å². The summed E-state index contributed by atoms with van der Waals surface area (Å²) >= 11 is 0. The van der Waals surface area contributed by atoms with Crippen LogP contribution < -0.4 is 5.73 Å². The van der Waals surface area contributed by atoms with Crippen molar-refractivity contribution in [3.8, 4) is 0 Å². The lowest BCUT2D eigenvalue weighted by Crippen LogP contribution is -2.55. The van der Waals surface area contributed by atoms with E-state index in [2.05, 4.69) is 37.5 Å². The van der Waals surface area contributed by atoms with Crippen molar-refractivity contribution in [3.63, 3.8) is 0 Å². The summed E-state index contributed by atoms with van der Waals surface area (Å²) in [5.74, 6) is 0. The molecular formula is C15H31N3. The minimum atomic E-state index is 0.248. The molecule has 106 valence electrons. The fourth-order valence-corrected chi connectivity index (χ4v) is 4.16. The summed E-state index contributed by atoms with van der Waals surface area (Å²) in [7, 11) is 0. The molecule has 0 aromatic rings. The van der Waals surface area contributed by atoms with Crippen LogP contribution in [0.15, 0.2) is 0 Å². The molecule has 2 fully saturated rings. The maximum atomic E-state index is 6.29. The number of nitrogens with two attached hydrogens (primary N) is 1. The SMILES string of the molecule is CC(N)C(N1CCCN2CCCC2C1)C(C)(C)C. The Morgan fingerprint density at radius 3 is 2.39 bits per heavy atom. The minimum absolute atomic E-state index is 0.248. The second-order valence-electron chi connectivity index (χ2n) is 7.35. The topological polar surface area (TPSA) is 32.5 Å². The van der Waals surface area contributed by atoms with E-state index in [1.165, 1.54) is 45.4 Å². The van der Waals surface area contributed by atoms with E-state index in [4.69, 9.17) is 5.73 Å². The van der Waals surface area contributed by atoms with Crippen LogP contribution in [0.3, 0.4) is 0 Å². The zero-order chi connectivity index (χ0) is 13.3. The molecule has 3 nitrogen and oxygen atoms in total. The molecule has 3 heteroatoms. The van der Waals surface area contributed by atoms with Gasteiger partial charge < -0.3 is 5.73 Å². The molecule has 0 radical (unpaired) electrons. The molecule has 0 aliphatic carbocycles. The Hall–Kier alpha value is -0.120. The van der Waals surface area contributed by atoms with E-state index in [9.17, 15) is 0 Å². The summed E-state index contributed by atoms with van der Waals surface area (Å²) < 4.78 is 0. The summed E-state index contributed by atoms with van der Waals surface area (Å²) in [6.07, 6.45) is 4.07. The number of hydrogen-bond donors (Lipinski definition) is 1. The van der Waals surface area contributed by atoms with Crippen LogP contribution >= 0.6 is 0 Å². The van der Waals surface area contributed by atoms with Crippen LogP contribution in [0.25, 0.3) is 0 Å². The first kappa shape index (κ1) is 14.3. The van der Waals surface area contributed by atoms with Crippen LogP contribution in [-0.4, -0.2) is 54.1 Å². The normalized spacial score (nSPS) is 30.8. The van der Waals surface area contributed by atoms with Crippen molar-refractivity contribution in [2.75, 3.05) is 26.2 Å². The second kappa shape index (κ2) is 5.48. The van der Waals surface area contributed by atoms with E-state index in [1.54, 1.807) is 0 Å². The van der Waals surface area contributed by atoms with Gasteiger partial charge in [0, 0.05) is 24.7 Å². The molecule has 2 saturated heterocycles. The van der Waals surface area contributed by atoms with Crippen LogP contribution in [0.1, 0.15) is 47.0 Å². The predicted molar refractivity (Wildman–Crippen MR) is 77.7 cm³/mol. The molecule has 0 aromatic heterocycles. The quantitative estimate of drug-likeness (QED) is 0.816. The standard InChI is InChI=1S/C15H31N3/c1-12(16)14(15(2,3)4)18-10-6-9-17-8-5-7-13(17)11-18/h12-14H,5-11,16H2,1-4H3. The van der Waals surface area contributed by atoms with Crippen LogP contribution in [0.5, 0.6) is 0 Å². The van der Waals surface area contributed by atoms with Gasteiger partial charge in [0.25, 0.3) is 0 Å². The highest BCUT2D eigenvalue weighted by atomic mass is 15.3. The van der Waals surface area contributed by atoms with Gasteiger partial charge in [0.05, 0.1) is 0 Å². The van der Waals surface area contributed by atoms with Crippen molar-refractivity contribution in [3.05, 3.63) is 0 Å². The molecule has 18 heavy (non-hydrogen) atoms. The number of hydrogen-bond acceptors (Lipinski definition) is 3. The Morgan fingerprint density at radius 2 is 1.78 bits per heavy atom. The molecule has 3 atom stereocenters. The largest absolute Gasteiger partial charge is 0.327 e. The maximum absolute atomic E-state index is 6.29. The van der Waals surface area contributed by atoms with Crippen molar-refractivity contribution in [2.24, 2.45) is 11.1 Å². The summed E-state index contributed by atoms with van der Waals surface area (Å²) in [6.45, 7) is 14.2. The Morgan fingerprint density at radius 1 is 1.11 bits per heavy atom. The average Bonchev–Trinajstić information content (AvgIpc) is 2.55. The van der Waals surface area contributed by atoms with Crippen molar-refractivity contribution in [1.29, 1.82) is 0 Å². The molecule has 0 aromatic carbocycles. The van der Waals surface area contributed by atoms with Gasteiger partial charge in [-0.3, -0.25) is 9.80 Å². The number of nitrogens with zero attached hydrogens (tertiary/aromatic N) is 2. The first-order valence-electron chi connectivity index (χ1n) is 7.63. The molecule has 2 rings (SSSR count). The monoisotopic (exact) mass is 253 g/mol. The highest BCUT2D eigenvalue weighted by Crippen LogP contribution is 2.30. The lowest BCUT2D eigenvalue weighted by Gasteiger charge is -2.43. The maximum Gasteiger partial charge on any atom is 0.0293 e. The minimum Gasteiger partial charge on any atom is -0.327 e. The van der Waals surface area contributed by atoms with Gasteiger partial charge >= 0.3 is 0 Å². The number of rotatable bonds is 2. The van der Waals surface area contributed by atoms with Crippen molar-refractivity contribution in [1.82, 2.24) is 9.80 Å². The van der Waals surface area contributed by atoms with E-state index in [0.29, 0.717) is 6.04 Å². The third-order valence-corrected chi connectivity index (χ3v) is 4.61. The van der Waals surface area contributed by atoms with Crippen molar-refractivity contribution in [2.45, 2.75) is 65.1 Å². The summed E-state index contributed by atoms with van der Waals surface area (Å²) in [6, 6.07) is 1.53. The molecule has 0 amide bonds. The third kappa shape index (κ3) is 3.06. The van der Waals surface area contributed by atoms with Gasteiger partial charge in [0.1, 0.15) is 0 Å². The fraction of sp³-hybridized carbons (Fsp3) is 1.00. The lowest BCUT2D eigenvalue weighted by molar-refractivity contribution is 0.0750. The third-order valence-electron chi connectivity index (χ3n) is 4.61. The first-order chi connectivity index (χ1) is 8.39. The van der Waals surface area contributed by atoms with Gasteiger partial charge in [0.15, 0.2) is 0 Å². The van der Waals surface area contributed by atoms with Crippen LogP contribution in [0.2, 0.25) is 0 Å². The molecule has 2 aliphatic heterocycles. The fourth-order valence-electron chi connectivity index (χ4n) is 4.16. The molecule has 0 spiro atoms. The van der Waals surface area contributed by atoms with Gasteiger partial charge in [-0.25, -0.2) is 0 Å². The van der Waals surface area contributed by atoms with Crippen LogP contribution in [0, 0.1) is 5.41 Å². The van der Waals surface area contributed by atoms with Gasteiger partial charge in [-0.1, -0.05) is 20.8 Å². The zero-order valence-electron chi connectivity index (χ0n) is 12.7. The Kier molecular flexibility index (Phi) is 4.35. The summed E-state index contributed by atoms with van der Waals surface area (Å²) in [5, 5.41) is 0. The molecule has 2 aliphatic rings. The van der Waals surface area contributed by atoms with E-state index in [0.717, 1.165) is 6.04 Å². The van der Waals surface area contributed by atoms with E-state index in [1.807, 2.05) is 0 Å². The average molecular weight is 253 g/mol. The summed E-state index contributed by atoms with van der Waals surface area (Å²) in [5.41, 5.74) is 6.55.